The van der Waals surface area contributed by atoms with Crippen LogP contribution in [0.3, 0.4) is 0 Å². The maximum absolute atomic E-state index is 15.0. The van der Waals surface area contributed by atoms with Crippen molar-refractivity contribution in [2.75, 3.05) is 12.5 Å². The lowest BCUT2D eigenvalue weighted by Gasteiger charge is -2.50. The Labute approximate surface area is 264 Å². The summed E-state index contributed by atoms with van der Waals surface area (Å²) in [5.74, 6) is -6.48. The lowest BCUT2D eigenvalue weighted by molar-refractivity contribution is -0.139. The number of carbonyl (C=O) groups excluding carboxylic acids is 5. The minimum Gasteiger partial charge on any atom is -0.504 e. The molecule has 0 unspecified atom stereocenters. The summed E-state index contributed by atoms with van der Waals surface area (Å²) in [4.78, 5) is 69.2. The van der Waals surface area contributed by atoms with Gasteiger partial charge in [0.25, 0.3) is 11.8 Å². The van der Waals surface area contributed by atoms with Gasteiger partial charge >= 0.3 is 6.03 Å². The number of fused-ring (bicyclic) bond motifs is 4. The molecule has 11 nitrogen and oxygen atoms in total. The van der Waals surface area contributed by atoms with Gasteiger partial charge in [-0.15, -0.1) is 0 Å². The summed E-state index contributed by atoms with van der Waals surface area (Å²) in [6.07, 6.45) is 2.08. The fourth-order valence-electron chi connectivity index (χ4n) is 8.23. The van der Waals surface area contributed by atoms with E-state index in [4.69, 9.17) is 10.5 Å². The zero-order valence-electron chi connectivity index (χ0n) is 25.2. The third kappa shape index (κ3) is 4.00. The van der Waals surface area contributed by atoms with Gasteiger partial charge in [0.15, 0.2) is 11.5 Å². The molecule has 0 aromatic heterocycles. The Balaban J connectivity index is 1.46. The summed E-state index contributed by atoms with van der Waals surface area (Å²) in [5, 5.41) is 12.0. The number of likely N-dealkylation sites (tertiary alicyclic amines) is 1. The number of aromatic hydroxyl groups is 1. The number of amides is 6. The molecule has 6 amide bonds. The second kappa shape index (κ2) is 10.6. The van der Waals surface area contributed by atoms with E-state index in [9.17, 15) is 24.3 Å². The third-order valence-electron chi connectivity index (χ3n) is 10.1. The van der Waals surface area contributed by atoms with Crippen LogP contribution in [0, 0.1) is 30.6 Å². The quantitative estimate of drug-likeness (QED) is 0.287. The van der Waals surface area contributed by atoms with Gasteiger partial charge in [0.2, 0.25) is 11.8 Å². The minimum atomic E-state index is -1.48. The predicted molar refractivity (Wildman–Crippen MR) is 165 cm³/mol. The number of urea groups is 1. The summed E-state index contributed by atoms with van der Waals surface area (Å²) in [7, 11) is 1.43. The first-order valence-corrected chi connectivity index (χ1v) is 15.1. The first kappa shape index (κ1) is 29.3. The van der Waals surface area contributed by atoms with Crippen molar-refractivity contribution in [1.82, 2.24) is 9.91 Å². The largest absolute Gasteiger partial charge is 0.504 e. The standard InChI is InChI=1S/C35H32N4O7/c1-18-8-11-21(12-9-18)37-39-31(42)25-17-24-22(13-14-23-28(24)32(43)38(30(23)41)34(36)45)29(19-10-15-27(46-2)26(40)16-19)35(25,33(39)44)20-6-4-3-5-7-20/h3-13,15-16,23-25,28-29,37,40H,14,17H2,1-2H3,(H2,36,45)/t23-,24+,25-,28-,29-,35+/m0/s1. The van der Waals surface area contributed by atoms with Gasteiger partial charge in [-0.05, 0) is 61.1 Å². The van der Waals surface area contributed by atoms with Crippen LogP contribution in [0.2, 0.25) is 0 Å². The number of ether oxygens (including phenoxy) is 1. The molecule has 2 aliphatic carbocycles. The molecule has 3 aromatic carbocycles. The molecule has 0 radical (unpaired) electrons. The monoisotopic (exact) mass is 620 g/mol. The molecule has 3 aromatic rings. The molecular weight excluding hydrogens is 588 g/mol. The molecule has 6 atom stereocenters. The molecule has 0 spiro atoms. The number of hydrogen-bond acceptors (Lipinski definition) is 8. The molecule has 2 aliphatic heterocycles. The first-order valence-electron chi connectivity index (χ1n) is 15.1. The smallest absolute Gasteiger partial charge is 0.328 e. The van der Waals surface area contributed by atoms with Gasteiger partial charge in [-0.3, -0.25) is 24.6 Å². The number of benzene rings is 3. The van der Waals surface area contributed by atoms with Crippen molar-refractivity contribution in [3.63, 3.8) is 0 Å². The Morgan fingerprint density at radius 3 is 2.33 bits per heavy atom. The second-order valence-electron chi connectivity index (χ2n) is 12.4. The Morgan fingerprint density at radius 2 is 1.67 bits per heavy atom. The van der Waals surface area contributed by atoms with E-state index in [-0.39, 0.29) is 24.3 Å². The molecule has 1 saturated carbocycles. The average molecular weight is 621 g/mol. The maximum atomic E-state index is 15.0. The number of aryl methyl sites for hydroxylation is 1. The Morgan fingerprint density at radius 1 is 0.957 bits per heavy atom. The van der Waals surface area contributed by atoms with Gasteiger partial charge in [0.05, 0.1) is 36.0 Å². The van der Waals surface area contributed by atoms with Crippen LogP contribution in [0.25, 0.3) is 0 Å². The van der Waals surface area contributed by atoms with Crippen molar-refractivity contribution < 1.29 is 33.8 Å². The highest BCUT2D eigenvalue weighted by molar-refractivity contribution is 6.17. The van der Waals surface area contributed by atoms with Crippen LogP contribution in [0.15, 0.2) is 84.4 Å². The minimum absolute atomic E-state index is 0.0722. The molecule has 46 heavy (non-hydrogen) atoms. The molecule has 3 fully saturated rings. The van der Waals surface area contributed by atoms with Gasteiger partial charge in [-0.25, -0.2) is 4.79 Å². The summed E-state index contributed by atoms with van der Waals surface area (Å²) in [6.45, 7) is 1.93. The summed E-state index contributed by atoms with van der Waals surface area (Å²) >= 11 is 0. The van der Waals surface area contributed by atoms with E-state index in [0.29, 0.717) is 27.3 Å². The molecule has 11 heteroatoms. The van der Waals surface area contributed by atoms with Crippen molar-refractivity contribution in [1.29, 1.82) is 0 Å². The number of phenolic OH excluding ortho intramolecular Hbond substituents is 1. The van der Waals surface area contributed by atoms with Crippen molar-refractivity contribution in [3.05, 3.63) is 101 Å². The number of nitrogens with zero attached hydrogens (tertiary/aromatic N) is 2. The van der Waals surface area contributed by atoms with Crippen molar-refractivity contribution in [3.8, 4) is 11.5 Å². The number of hydrogen-bond donors (Lipinski definition) is 3. The Kier molecular flexibility index (Phi) is 6.73. The third-order valence-corrected chi connectivity index (χ3v) is 10.1. The number of anilines is 1. The number of carbonyl (C=O) groups is 5. The predicted octanol–water partition coefficient (Wildman–Crippen LogP) is 3.77. The van der Waals surface area contributed by atoms with Crippen LogP contribution in [0.1, 0.15) is 35.4 Å². The fourth-order valence-corrected chi connectivity index (χ4v) is 8.23. The number of nitrogens with one attached hydrogen (secondary N) is 1. The van der Waals surface area contributed by atoms with Gasteiger partial charge in [0.1, 0.15) is 0 Å². The van der Waals surface area contributed by atoms with Crippen molar-refractivity contribution in [2.45, 2.75) is 31.1 Å². The Bertz CT molecular complexity index is 1840. The van der Waals surface area contributed by atoms with Crippen LogP contribution in [-0.4, -0.2) is 51.8 Å². The normalized spacial score (nSPS) is 28.4. The fraction of sp³-hybridized carbons (Fsp3) is 0.286. The van der Waals surface area contributed by atoms with Crippen LogP contribution < -0.4 is 15.9 Å². The summed E-state index contributed by atoms with van der Waals surface area (Å²) < 4.78 is 5.30. The van der Waals surface area contributed by atoms with Gasteiger partial charge in [-0.1, -0.05) is 65.7 Å². The molecule has 4 N–H and O–H groups in total. The highest BCUT2D eigenvalue weighted by atomic mass is 16.5. The highest BCUT2D eigenvalue weighted by Crippen LogP contribution is 2.64. The number of imide groups is 4. The number of primary amides is 1. The SMILES string of the molecule is COc1ccc([C@H]2C3=CC[C@@H]4C(=O)N(C(N)=O)C(=O)[C@@H]4[C@@H]3C[C@H]3C(=O)N(Nc4ccc(C)cc4)C(=O)[C@@]23c2ccccc2)cc1O. The number of allylic oxidation sites excluding steroid dienone is 2. The number of hydrazine groups is 1. The van der Waals surface area contributed by atoms with E-state index < -0.39 is 64.7 Å². The number of nitrogens with two attached hydrogens (primary N) is 1. The zero-order valence-corrected chi connectivity index (χ0v) is 25.2. The lowest BCUT2D eigenvalue weighted by atomic mass is 9.49. The van der Waals surface area contributed by atoms with Gasteiger partial charge in [-0.2, -0.15) is 9.91 Å². The number of methoxy groups -OCH3 is 1. The van der Waals surface area contributed by atoms with Crippen molar-refractivity contribution in [2.24, 2.45) is 29.4 Å². The molecule has 234 valence electrons. The van der Waals surface area contributed by atoms with E-state index in [1.54, 1.807) is 36.4 Å². The molecule has 0 bridgehead atoms. The number of phenols is 1. The first-order chi connectivity index (χ1) is 22.1. The second-order valence-corrected chi connectivity index (χ2v) is 12.4. The number of rotatable bonds is 5. The van der Waals surface area contributed by atoms with E-state index >= 15 is 4.79 Å². The average Bonchev–Trinajstić information content (AvgIpc) is 3.43. The van der Waals surface area contributed by atoms with Gasteiger partial charge < -0.3 is 15.6 Å². The molecule has 2 saturated heterocycles. The van der Waals surface area contributed by atoms with Gasteiger partial charge in [0, 0.05) is 5.92 Å². The molecule has 7 rings (SSSR count). The Hall–Kier alpha value is -5.45. The zero-order chi connectivity index (χ0) is 32.5. The van der Waals surface area contributed by atoms with Crippen LogP contribution >= 0.6 is 0 Å². The van der Waals surface area contributed by atoms with Crippen LogP contribution in [0.4, 0.5) is 10.5 Å². The summed E-state index contributed by atoms with van der Waals surface area (Å²) in [5.41, 5.74) is 10.4. The van der Waals surface area contributed by atoms with Crippen LogP contribution in [-0.2, 0) is 24.6 Å². The van der Waals surface area contributed by atoms with E-state index in [1.165, 1.54) is 13.2 Å². The maximum Gasteiger partial charge on any atom is 0.328 e. The molecule has 4 aliphatic rings. The summed E-state index contributed by atoms with van der Waals surface area (Å²) in [6, 6.07) is 20.1. The van der Waals surface area contributed by atoms with E-state index in [2.05, 4.69) is 5.43 Å². The van der Waals surface area contributed by atoms with Crippen molar-refractivity contribution >= 4 is 35.3 Å². The molecule has 2 heterocycles. The topological polar surface area (TPSA) is 159 Å². The van der Waals surface area contributed by atoms with E-state index in [0.717, 1.165) is 10.6 Å². The van der Waals surface area contributed by atoms with E-state index in [1.807, 2.05) is 43.3 Å². The highest BCUT2D eigenvalue weighted by Gasteiger charge is 2.70. The lowest BCUT2D eigenvalue weighted by Crippen LogP contribution is -2.53. The molecular formula is C35H32N4O7. The van der Waals surface area contributed by atoms with Crippen LogP contribution in [0.5, 0.6) is 11.5 Å².